The Morgan fingerprint density at radius 1 is 1.35 bits per heavy atom. The highest BCUT2D eigenvalue weighted by Gasteiger charge is 2.56. The zero-order valence-electron chi connectivity index (χ0n) is 9.93. The van der Waals surface area contributed by atoms with Crippen molar-refractivity contribution in [1.29, 1.82) is 0 Å². The van der Waals surface area contributed by atoms with Gasteiger partial charge in [0.2, 0.25) is 0 Å². The second-order valence-electron chi connectivity index (χ2n) is 3.83. The van der Waals surface area contributed by atoms with Gasteiger partial charge in [-0.3, -0.25) is 9.59 Å². The van der Waals surface area contributed by atoms with Gasteiger partial charge in [-0.15, -0.1) is 0 Å². The largest absolute Gasteiger partial charge is 0.468 e. The van der Waals surface area contributed by atoms with Gasteiger partial charge in [-0.25, -0.2) is 0 Å². The van der Waals surface area contributed by atoms with E-state index in [2.05, 4.69) is 9.47 Å². The molecular weight excluding hydrogens is 228 g/mol. The van der Waals surface area contributed by atoms with Crippen LogP contribution < -0.4 is 0 Å². The fourth-order valence-corrected chi connectivity index (χ4v) is 2.11. The average molecular weight is 244 g/mol. The minimum absolute atomic E-state index is 0.295. The fourth-order valence-electron chi connectivity index (χ4n) is 2.11. The van der Waals surface area contributed by atoms with Crippen LogP contribution in [0.3, 0.4) is 0 Å². The summed E-state index contributed by atoms with van der Waals surface area (Å²) < 4.78 is 14.6. The molecule has 1 aliphatic rings. The standard InChI is InChI=1S/C11H16O6/c1-15-9(13)11(5-6-12,10(14)16-2)8-4-3-7-17-8/h6,8H,3-5,7H2,1-2H3. The molecule has 0 aromatic rings. The highest BCUT2D eigenvalue weighted by Crippen LogP contribution is 2.36. The van der Waals surface area contributed by atoms with Gasteiger partial charge >= 0.3 is 11.9 Å². The molecule has 0 amide bonds. The number of aldehydes is 1. The molecule has 6 heteroatoms. The number of carbonyl (C=O) groups is 3. The molecule has 17 heavy (non-hydrogen) atoms. The number of ether oxygens (including phenoxy) is 3. The van der Waals surface area contributed by atoms with Gasteiger partial charge in [0, 0.05) is 13.0 Å². The summed E-state index contributed by atoms with van der Waals surface area (Å²) in [5.41, 5.74) is -1.66. The van der Waals surface area contributed by atoms with Crippen LogP contribution in [0.25, 0.3) is 0 Å². The predicted octanol–water partition coefficient (Wildman–Crippen LogP) is 0.0868. The Labute approximate surface area is 99.2 Å². The van der Waals surface area contributed by atoms with Gasteiger partial charge in [0.15, 0.2) is 5.41 Å². The van der Waals surface area contributed by atoms with Crippen LogP contribution in [0, 0.1) is 5.41 Å². The third-order valence-electron chi connectivity index (χ3n) is 2.98. The zero-order valence-corrected chi connectivity index (χ0v) is 9.93. The topological polar surface area (TPSA) is 78.9 Å². The van der Waals surface area contributed by atoms with Gasteiger partial charge in [0.05, 0.1) is 20.3 Å². The Hall–Kier alpha value is -1.43. The molecule has 0 aliphatic carbocycles. The highest BCUT2D eigenvalue weighted by molar-refractivity contribution is 6.02. The van der Waals surface area contributed by atoms with Crippen molar-refractivity contribution in [2.75, 3.05) is 20.8 Å². The molecule has 0 N–H and O–H groups in total. The highest BCUT2D eigenvalue weighted by atomic mass is 16.6. The van der Waals surface area contributed by atoms with E-state index in [0.717, 1.165) is 6.42 Å². The summed E-state index contributed by atoms with van der Waals surface area (Å²) in [6, 6.07) is 0. The molecule has 0 aromatic heterocycles. The van der Waals surface area contributed by atoms with E-state index in [4.69, 9.17) is 4.74 Å². The lowest BCUT2D eigenvalue weighted by atomic mass is 9.78. The molecule has 0 saturated carbocycles. The van der Waals surface area contributed by atoms with Crippen LogP contribution in [0.5, 0.6) is 0 Å². The zero-order chi connectivity index (χ0) is 12.9. The summed E-state index contributed by atoms with van der Waals surface area (Å²) in [5.74, 6) is -1.58. The Morgan fingerprint density at radius 3 is 2.29 bits per heavy atom. The number of hydrogen-bond acceptors (Lipinski definition) is 6. The monoisotopic (exact) mass is 244 g/mol. The van der Waals surface area contributed by atoms with Crippen LogP contribution in [-0.2, 0) is 28.6 Å². The van der Waals surface area contributed by atoms with Gasteiger partial charge in [-0.2, -0.15) is 0 Å². The third-order valence-corrected chi connectivity index (χ3v) is 2.98. The molecule has 0 bridgehead atoms. The van der Waals surface area contributed by atoms with E-state index in [1.54, 1.807) is 0 Å². The van der Waals surface area contributed by atoms with Crippen LogP contribution in [-0.4, -0.2) is 45.2 Å². The van der Waals surface area contributed by atoms with Gasteiger partial charge in [-0.05, 0) is 12.8 Å². The molecule has 0 radical (unpaired) electrons. The van der Waals surface area contributed by atoms with E-state index in [-0.39, 0.29) is 6.42 Å². The lowest BCUT2D eigenvalue weighted by molar-refractivity contribution is -0.180. The first kappa shape index (κ1) is 13.6. The Bertz CT molecular complexity index is 289. The van der Waals surface area contributed by atoms with Crippen molar-refractivity contribution in [3.8, 4) is 0 Å². The summed E-state index contributed by atoms with van der Waals surface area (Å²) in [4.78, 5) is 34.4. The minimum atomic E-state index is -1.66. The second-order valence-corrected chi connectivity index (χ2v) is 3.83. The van der Waals surface area contributed by atoms with E-state index in [0.29, 0.717) is 19.3 Å². The third kappa shape index (κ3) is 2.31. The Morgan fingerprint density at radius 2 is 1.94 bits per heavy atom. The molecule has 1 unspecified atom stereocenters. The minimum Gasteiger partial charge on any atom is -0.468 e. The van der Waals surface area contributed by atoms with Crippen molar-refractivity contribution in [3.63, 3.8) is 0 Å². The van der Waals surface area contributed by atoms with Crippen molar-refractivity contribution in [2.45, 2.75) is 25.4 Å². The molecule has 1 aliphatic heterocycles. The Balaban J connectivity index is 3.13. The van der Waals surface area contributed by atoms with E-state index in [1.807, 2.05) is 0 Å². The van der Waals surface area contributed by atoms with Gasteiger partial charge in [0.1, 0.15) is 6.29 Å². The number of methoxy groups -OCH3 is 2. The smallest absolute Gasteiger partial charge is 0.326 e. The van der Waals surface area contributed by atoms with Crippen molar-refractivity contribution < 1.29 is 28.6 Å². The maximum Gasteiger partial charge on any atom is 0.326 e. The second kappa shape index (κ2) is 5.77. The summed E-state index contributed by atoms with van der Waals surface area (Å²) in [6.07, 6.45) is 0.816. The molecule has 0 spiro atoms. The first-order valence-electron chi connectivity index (χ1n) is 5.35. The number of carbonyl (C=O) groups excluding carboxylic acids is 3. The lowest BCUT2D eigenvalue weighted by Crippen LogP contribution is -2.50. The summed E-state index contributed by atoms with van der Waals surface area (Å²) >= 11 is 0. The van der Waals surface area contributed by atoms with Crippen molar-refractivity contribution in [3.05, 3.63) is 0 Å². The van der Waals surface area contributed by atoms with Crippen molar-refractivity contribution in [1.82, 2.24) is 0 Å². The molecule has 6 nitrogen and oxygen atoms in total. The van der Waals surface area contributed by atoms with E-state index in [9.17, 15) is 14.4 Å². The normalized spacial score (nSPS) is 19.8. The van der Waals surface area contributed by atoms with Crippen LogP contribution in [0.1, 0.15) is 19.3 Å². The van der Waals surface area contributed by atoms with Crippen LogP contribution in [0.15, 0.2) is 0 Å². The molecule has 0 aromatic carbocycles. The molecule has 1 fully saturated rings. The molecule has 1 rings (SSSR count). The van der Waals surface area contributed by atoms with Crippen LogP contribution in [0.4, 0.5) is 0 Å². The van der Waals surface area contributed by atoms with E-state index in [1.165, 1.54) is 14.2 Å². The molecule has 96 valence electrons. The molecule has 1 heterocycles. The fraction of sp³-hybridized carbons (Fsp3) is 0.727. The van der Waals surface area contributed by atoms with Crippen molar-refractivity contribution >= 4 is 18.2 Å². The quantitative estimate of drug-likeness (QED) is 0.387. The van der Waals surface area contributed by atoms with E-state index >= 15 is 0 Å². The van der Waals surface area contributed by atoms with E-state index < -0.39 is 23.5 Å². The van der Waals surface area contributed by atoms with Crippen LogP contribution in [0.2, 0.25) is 0 Å². The maximum atomic E-state index is 11.8. The number of hydrogen-bond donors (Lipinski definition) is 0. The molecule has 1 atom stereocenters. The molecular formula is C11H16O6. The molecule has 1 saturated heterocycles. The SMILES string of the molecule is COC(=O)C(CC=O)(C(=O)OC)C1CCCO1. The average Bonchev–Trinajstić information content (AvgIpc) is 2.88. The summed E-state index contributed by atoms with van der Waals surface area (Å²) in [6.45, 7) is 0.458. The predicted molar refractivity (Wildman–Crippen MR) is 56.1 cm³/mol. The maximum absolute atomic E-state index is 11.8. The first-order valence-corrected chi connectivity index (χ1v) is 5.35. The van der Waals surface area contributed by atoms with Gasteiger partial charge in [-0.1, -0.05) is 0 Å². The van der Waals surface area contributed by atoms with Gasteiger partial charge < -0.3 is 19.0 Å². The Kier molecular flexibility index (Phi) is 4.62. The lowest BCUT2D eigenvalue weighted by Gasteiger charge is -2.31. The summed E-state index contributed by atoms with van der Waals surface area (Å²) in [7, 11) is 2.33. The van der Waals surface area contributed by atoms with Crippen LogP contribution >= 0.6 is 0 Å². The van der Waals surface area contributed by atoms with Gasteiger partial charge in [0.25, 0.3) is 0 Å². The first-order chi connectivity index (χ1) is 8.13. The van der Waals surface area contributed by atoms with Crippen molar-refractivity contribution in [2.24, 2.45) is 5.41 Å². The number of rotatable bonds is 5. The number of esters is 2. The summed E-state index contributed by atoms with van der Waals surface area (Å²) in [5, 5.41) is 0.